The Hall–Kier alpha value is -2.47. The average molecular weight is 353 g/mol. The van der Waals surface area contributed by atoms with Crippen molar-refractivity contribution in [2.75, 3.05) is 13.1 Å². The minimum absolute atomic E-state index is 0.119. The van der Waals surface area contributed by atoms with E-state index in [2.05, 4.69) is 22.8 Å². The summed E-state index contributed by atoms with van der Waals surface area (Å²) >= 11 is 0. The molecule has 3 heterocycles. The number of allylic oxidation sites excluding steroid dienone is 1. The smallest absolute Gasteiger partial charge is 0.255 e. The zero-order valence-electron chi connectivity index (χ0n) is 14.7. The molecule has 2 fully saturated rings. The number of nitrogens with one attached hydrogen (secondary N) is 2. The summed E-state index contributed by atoms with van der Waals surface area (Å²) in [6.45, 7) is 2.51. The summed E-state index contributed by atoms with van der Waals surface area (Å²) in [4.78, 5) is 37.9. The summed E-state index contributed by atoms with van der Waals surface area (Å²) in [7, 11) is 0. The van der Waals surface area contributed by atoms with Gasteiger partial charge >= 0.3 is 0 Å². The Morgan fingerprint density at radius 2 is 1.88 bits per heavy atom. The molecule has 1 unspecified atom stereocenters. The SMILES string of the molecule is O=C1CCC(N2Cc3c(/C=C\C4CCNCC4)cccc3C2=O)C(=O)N1. The number of hydrogen-bond donors (Lipinski definition) is 2. The number of nitrogens with zero attached hydrogens (tertiary/aromatic N) is 1. The Morgan fingerprint density at radius 3 is 2.65 bits per heavy atom. The highest BCUT2D eigenvalue weighted by Crippen LogP contribution is 2.30. The molecule has 0 radical (unpaired) electrons. The normalized spacial score (nSPS) is 24.2. The molecule has 4 rings (SSSR count). The second-order valence-electron chi connectivity index (χ2n) is 7.22. The Kier molecular flexibility index (Phi) is 4.59. The van der Waals surface area contributed by atoms with Crippen LogP contribution in [0.3, 0.4) is 0 Å². The van der Waals surface area contributed by atoms with Crippen molar-refractivity contribution in [3.8, 4) is 0 Å². The molecular formula is C20H23N3O3. The molecule has 0 saturated carbocycles. The van der Waals surface area contributed by atoms with Gasteiger partial charge < -0.3 is 10.2 Å². The van der Waals surface area contributed by atoms with Gasteiger partial charge in [0.05, 0.1) is 0 Å². The van der Waals surface area contributed by atoms with Crippen LogP contribution < -0.4 is 10.6 Å². The first-order valence-electron chi connectivity index (χ1n) is 9.29. The molecule has 1 aromatic rings. The molecule has 3 amide bonds. The lowest BCUT2D eigenvalue weighted by molar-refractivity contribution is -0.136. The molecule has 6 nitrogen and oxygen atoms in total. The number of carbonyl (C=O) groups excluding carboxylic acids is 3. The first kappa shape index (κ1) is 17.0. The van der Waals surface area contributed by atoms with Crippen LogP contribution in [0, 0.1) is 5.92 Å². The highest BCUT2D eigenvalue weighted by molar-refractivity contribution is 6.05. The Morgan fingerprint density at radius 1 is 1.08 bits per heavy atom. The van der Waals surface area contributed by atoms with Gasteiger partial charge in [0.15, 0.2) is 0 Å². The van der Waals surface area contributed by atoms with Crippen molar-refractivity contribution < 1.29 is 14.4 Å². The van der Waals surface area contributed by atoms with Crippen LogP contribution in [0.5, 0.6) is 0 Å². The van der Waals surface area contributed by atoms with Crippen LogP contribution >= 0.6 is 0 Å². The molecule has 1 aromatic carbocycles. The van der Waals surface area contributed by atoms with Crippen LogP contribution in [0.25, 0.3) is 6.08 Å². The van der Waals surface area contributed by atoms with Crippen molar-refractivity contribution in [1.82, 2.24) is 15.5 Å². The number of hydrogen-bond acceptors (Lipinski definition) is 4. The third-order valence-electron chi connectivity index (χ3n) is 5.55. The van der Waals surface area contributed by atoms with Gasteiger partial charge in [0.25, 0.3) is 5.91 Å². The first-order valence-corrected chi connectivity index (χ1v) is 9.29. The molecule has 1 atom stereocenters. The highest BCUT2D eigenvalue weighted by atomic mass is 16.2. The summed E-state index contributed by atoms with van der Waals surface area (Å²) < 4.78 is 0. The van der Waals surface area contributed by atoms with Crippen LogP contribution in [0.15, 0.2) is 24.3 Å². The molecule has 3 aliphatic heterocycles. The van der Waals surface area contributed by atoms with E-state index in [-0.39, 0.29) is 24.1 Å². The minimum atomic E-state index is -0.561. The van der Waals surface area contributed by atoms with Gasteiger partial charge in [-0.15, -0.1) is 0 Å². The Labute approximate surface area is 152 Å². The van der Waals surface area contributed by atoms with E-state index >= 15 is 0 Å². The topological polar surface area (TPSA) is 78.5 Å². The number of carbonyl (C=O) groups is 3. The van der Waals surface area contributed by atoms with Gasteiger partial charge in [-0.3, -0.25) is 19.7 Å². The van der Waals surface area contributed by atoms with Gasteiger partial charge in [0.1, 0.15) is 6.04 Å². The second kappa shape index (κ2) is 7.03. The van der Waals surface area contributed by atoms with Crippen LogP contribution in [0.2, 0.25) is 0 Å². The number of amides is 3. The zero-order valence-corrected chi connectivity index (χ0v) is 14.7. The van der Waals surface area contributed by atoms with Gasteiger partial charge in [-0.1, -0.05) is 24.3 Å². The highest BCUT2D eigenvalue weighted by Gasteiger charge is 2.39. The summed E-state index contributed by atoms with van der Waals surface area (Å²) in [5.41, 5.74) is 2.69. The lowest BCUT2D eigenvalue weighted by Gasteiger charge is -2.29. The number of benzene rings is 1. The fraction of sp³-hybridized carbons (Fsp3) is 0.450. The number of fused-ring (bicyclic) bond motifs is 1. The third-order valence-corrected chi connectivity index (χ3v) is 5.55. The van der Waals surface area contributed by atoms with Crippen LogP contribution in [-0.2, 0) is 16.1 Å². The van der Waals surface area contributed by atoms with Crippen molar-refractivity contribution in [3.05, 3.63) is 41.0 Å². The largest absolute Gasteiger partial charge is 0.322 e. The fourth-order valence-electron chi connectivity index (χ4n) is 4.04. The van der Waals surface area contributed by atoms with Gasteiger partial charge in [0.2, 0.25) is 11.8 Å². The monoisotopic (exact) mass is 353 g/mol. The number of imide groups is 1. The lowest BCUT2D eigenvalue weighted by Crippen LogP contribution is -2.52. The van der Waals surface area contributed by atoms with Crippen molar-refractivity contribution in [2.24, 2.45) is 5.92 Å². The van der Waals surface area contributed by atoms with Crippen molar-refractivity contribution >= 4 is 23.8 Å². The lowest BCUT2D eigenvalue weighted by atomic mass is 9.95. The Balaban J connectivity index is 1.55. The minimum Gasteiger partial charge on any atom is -0.322 e. The molecule has 0 aromatic heterocycles. The molecule has 0 aliphatic carbocycles. The number of piperidine rings is 2. The first-order chi connectivity index (χ1) is 12.6. The van der Waals surface area contributed by atoms with E-state index in [4.69, 9.17) is 0 Å². The maximum atomic E-state index is 12.8. The van der Waals surface area contributed by atoms with E-state index in [1.54, 1.807) is 4.90 Å². The zero-order chi connectivity index (χ0) is 18.1. The molecular weight excluding hydrogens is 330 g/mol. The maximum absolute atomic E-state index is 12.8. The average Bonchev–Trinajstić information content (AvgIpc) is 2.98. The van der Waals surface area contributed by atoms with Crippen molar-refractivity contribution in [3.63, 3.8) is 0 Å². The van der Waals surface area contributed by atoms with E-state index in [0.717, 1.165) is 37.1 Å². The molecule has 3 aliphatic rings. The molecule has 2 N–H and O–H groups in total. The van der Waals surface area contributed by atoms with E-state index in [1.807, 2.05) is 18.2 Å². The van der Waals surface area contributed by atoms with Crippen LogP contribution in [-0.4, -0.2) is 41.8 Å². The summed E-state index contributed by atoms with van der Waals surface area (Å²) in [6, 6.07) is 5.18. The maximum Gasteiger partial charge on any atom is 0.255 e. The van der Waals surface area contributed by atoms with E-state index in [0.29, 0.717) is 24.4 Å². The summed E-state index contributed by atoms with van der Waals surface area (Å²) in [5.74, 6) is -0.183. The van der Waals surface area contributed by atoms with Gasteiger partial charge in [-0.25, -0.2) is 0 Å². The third kappa shape index (κ3) is 3.17. The molecule has 6 heteroatoms. The van der Waals surface area contributed by atoms with Gasteiger partial charge in [-0.2, -0.15) is 0 Å². The van der Waals surface area contributed by atoms with E-state index in [1.165, 1.54) is 0 Å². The molecule has 0 bridgehead atoms. The van der Waals surface area contributed by atoms with Crippen molar-refractivity contribution in [2.45, 2.75) is 38.3 Å². The second-order valence-corrected chi connectivity index (χ2v) is 7.22. The van der Waals surface area contributed by atoms with Crippen LogP contribution in [0.4, 0.5) is 0 Å². The molecule has 26 heavy (non-hydrogen) atoms. The Bertz CT molecular complexity index is 781. The van der Waals surface area contributed by atoms with Gasteiger partial charge in [0, 0.05) is 18.5 Å². The van der Waals surface area contributed by atoms with E-state index in [9.17, 15) is 14.4 Å². The number of rotatable bonds is 3. The predicted molar refractivity (Wildman–Crippen MR) is 97.1 cm³/mol. The standard InChI is InChI=1S/C20H23N3O3/c24-18-7-6-17(19(25)22-18)23-12-16-14(2-1-3-15(16)20(23)26)5-4-13-8-10-21-11-9-13/h1-5,13,17,21H,6-12H2,(H,22,24,25)/b5-4-. The van der Waals surface area contributed by atoms with Crippen molar-refractivity contribution in [1.29, 1.82) is 0 Å². The quantitative estimate of drug-likeness (QED) is 0.807. The molecule has 136 valence electrons. The molecule has 2 saturated heterocycles. The molecule has 0 spiro atoms. The summed E-state index contributed by atoms with van der Waals surface area (Å²) in [6.07, 6.45) is 7.30. The van der Waals surface area contributed by atoms with E-state index < -0.39 is 6.04 Å². The predicted octanol–water partition coefficient (Wildman–Crippen LogP) is 1.46. The summed E-state index contributed by atoms with van der Waals surface area (Å²) in [5, 5.41) is 5.71. The fourth-order valence-corrected chi connectivity index (χ4v) is 4.04. The van der Waals surface area contributed by atoms with Crippen LogP contribution in [0.1, 0.15) is 47.2 Å². The van der Waals surface area contributed by atoms with Gasteiger partial charge in [-0.05, 0) is 55.5 Å².